The van der Waals surface area contributed by atoms with E-state index in [9.17, 15) is 0 Å². The lowest BCUT2D eigenvalue weighted by Crippen LogP contribution is -2.19. The maximum atomic E-state index is 2.47. The molecular formula is C65H54N4. The molecule has 0 saturated carbocycles. The molecule has 0 spiro atoms. The van der Waals surface area contributed by atoms with Crippen molar-refractivity contribution in [1.29, 1.82) is 0 Å². The largest absolute Gasteiger partial charge is 0.345 e. The third-order valence-corrected chi connectivity index (χ3v) is 13.4. The molecular weight excluding hydrogens is 837 g/mol. The summed E-state index contributed by atoms with van der Waals surface area (Å²) in [6.45, 7) is 0. The van der Waals surface area contributed by atoms with Crippen LogP contribution in [0.3, 0.4) is 0 Å². The molecule has 9 aromatic rings. The molecule has 0 bridgehead atoms. The molecule has 9 aromatic carbocycles. The molecule has 0 unspecified atom stereocenters. The Morgan fingerprint density at radius 2 is 0.754 bits per heavy atom. The minimum absolute atomic E-state index is 0.904. The summed E-state index contributed by atoms with van der Waals surface area (Å²) in [5.41, 5.74) is 17.7. The van der Waals surface area contributed by atoms with Gasteiger partial charge in [-0.05, 0) is 157 Å². The first-order chi connectivity index (χ1) is 34.2. The van der Waals surface area contributed by atoms with Crippen LogP contribution in [0.25, 0.3) is 27.5 Å². The van der Waals surface area contributed by atoms with E-state index in [1.54, 1.807) is 0 Å². The maximum absolute atomic E-state index is 2.47. The van der Waals surface area contributed by atoms with Crippen LogP contribution in [0.2, 0.25) is 0 Å². The van der Waals surface area contributed by atoms with Crippen LogP contribution in [-0.2, 0) is 0 Å². The van der Waals surface area contributed by atoms with Gasteiger partial charge in [0, 0.05) is 69.0 Å². The van der Waals surface area contributed by atoms with Crippen molar-refractivity contribution in [2.45, 2.75) is 25.7 Å². The van der Waals surface area contributed by atoms with Gasteiger partial charge in [0.25, 0.3) is 0 Å². The first-order valence-corrected chi connectivity index (χ1v) is 24.1. The van der Waals surface area contributed by atoms with Gasteiger partial charge in [-0.25, -0.2) is 0 Å². The van der Waals surface area contributed by atoms with Gasteiger partial charge in [0.15, 0.2) is 0 Å². The van der Waals surface area contributed by atoms with E-state index in [4.69, 9.17) is 0 Å². The van der Waals surface area contributed by atoms with Crippen molar-refractivity contribution in [3.05, 3.63) is 278 Å². The molecule has 2 aliphatic rings. The summed E-state index contributed by atoms with van der Waals surface area (Å²) in [5.74, 6) is 0. The molecule has 11 rings (SSSR count). The summed E-state index contributed by atoms with van der Waals surface area (Å²) in [4.78, 5) is 9.44. The molecule has 4 heteroatoms. The zero-order chi connectivity index (χ0) is 46.4. The predicted octanol–water partition coefficient (Wildman–Crippen LogP) is 18.0. The van der Waals surface area contributed by atoms with Gasteiger partial charge in [0.2, 0.25) is 0 Å². The Balaban J connectivity index is 0.917. The number of anilines is 9. The van der Waals surface area contributed by atoms with Crippen molar-refractivity contribution in [2.24, 2.45) is 0 Å². The van der Waals surface area contributed by atoms with Crippen LogP contribution in [0.1, 0.15) is 31.2 Å². The highest BCUT2D eigenvalue weighted by Gasteiger charge is 2.23. The lowest BCUT2D eigenvalue weighted by atomic mass is 9.94. The summed E-state index contributed by atoms with van der Waals surface area (Å²) in [5, 5.41) is 2.37. The molecule has 0 aliphatic heterocycles. The van der Waals surface area contributed by atoms with E-state index in [-0.39, 0.29) is 0 Å². The van der Waals surface area contributed by atoms with Gasteiger partial charge in [-0.15, -0.1) is 0 Å². The summed E-state index contributed by atoms with van der Waals surface area (Å²) in [7, 11) is 2.11. The molecule has 0 aromatic heterocycles. The number of nitrogens with zero attached hydrogens (tertiary/aromatic N) is 4. The van der Waals surface area contributed by atoms with Crippen LogP contribution in [0, 0.1) is 0 Å². The van der Waals surface area contributed by atoms with Crippen LogP contribution in [0.15, 0.2) is 272 Å². The van der Waals surface area contributed by atoms with E-state index in [1.807, 2.05) is 0 Å². The van der Waals surface area contributed by atoms with Gasteiger partial charge < -0.3 is 19.6 Å². The first-order valence-electron chi connectivity index (χ1n) is 24.1. The number of fused-ring (bicyclic) bond motifs is 1. The summed E-state index contributed by atoms with van der Waals surface area (Å²) in [6, 6.07) is 83.2. The minimum atomic E-state index is 0.904. The molecule has 0 radical (unpaired) electrons. The lowest BCUT2D eigenvalue weighted by Gasteiger charge is -2.33. The number of hydrogen-bond acceptors (Lipinski definition) is 4. The Hall–Kier alpha value is -8.60. The highest BCUT2D eigenvalue weighted by molar-refractivity contribution is 6.06. The van der Waals surface area contributed by atoms with E-state index in [1.165, 1.54) is 50.1 Å². The van der Waals surface area contributed by atoms with E-state index < -0.39 is 0 Å². The zero-order valence-corrected chi connectivity index (χ0v) is 38.9. The molecule has 0 saturated heterocycles. The van der Waals surface area contributed by atoms with Gasteiger partial charge in [0.05, 0.1) is 11.4 Å². The second-order valence-corrected chi connectivity index (χ2v) is 17.7. The second-order valence-electron chi connectivity index (χ2n) is 17.7. The van der Waals surface area contributed by atoms with Crippen molar-refractivity contribution in [3.63, 3.8) is 0 Å². The van der Waals surface area contributed by atoms with Gasteiger partial charge in [-0.1, -0.05) is 152 Å². The van der Waals surface area contributed by atoms with Crippen molar-refractivity contribution in [3.8, 4) is 11.1 Å². The first kappa shape index (κ1) is 43.0. The average Bonchev–Trinajstić information content (AvgIpc) is 3.43. The molecule has 2 aliphatic carbocycles. The van der Waals surface area contributed by atoms with E-state index in [2.05, 4.69) is 288 Å². The Morgan fingerprint density at radius 1 is 0.333 bits per heavy atom. The van der Waals surface area contributed by atoms with Crippen LogP contribution in [-0.4, -0.2) is 7.05 Å². The van der Waals surface area contributed by atoms with Gasteiger partial charge in [0.1, 0.15) is 0 Å². The maximum Gasteiger partial charge on any atom is 0.0541 e. The van der Waals surface area contributed by atoms with Crippen LogP contribution < -0.4 is 19.6 Å². The molecule has 0 fully saturated rings. The number of allylic oxidation sites excluding steroid dienone is 7. The van der Waals surface area contributed by atoms with Gasteiger partial charge in [-0.3, -0.25) is 0 Å². The van der Waals surface area contributed by atoms with Crippen molar-refractivity contribution in [2.75, 3.05) is 26.6 Å². The normalized spacial score (nSPS) is 13.3. The average molecular weight is 891 g/mol. The van der Waals surface area contributed by atoms with Gasteiger partial charge in [-0.2, -0.15) is 0 Å². The summed E-state index contributed by atoms with van der Waals surface area (Å²) < 4.78 is 0. The lowest BCUT2D eigenvalue weighted by molar-refractivity contribution is 0.931. The number of benzene rings is 9. The molecule has 69 heavy (non-hydrogen) atoms. The molecule has 334 valence electrons. The monoisotopic (exact) mass is 890 g/mol. The Morgan fingerprint density at radius 3 is 1.26 bits per heavy atom. The fraction of sp³-hybridized carbons (Fsp3) is 0.0769. The Kier molecular flexibility index (Phi) is 12.3. The van der Waals surface area contributed by atoms with E-state index in [0.29, 0.717) is 0 Å². The second kappa shape index (κ2) is 19.7. The van der Waals surface area contributed by atoms with E-state index >= 15 is 0 Å². The number of para-hydroxylation sites is 4. The summed E-state index contributed by atoms with van der Waals surface area (Å²) in [6.07, 6.45) is 15.5. The third-order valence-electron chi connectivity index (χ3n) is 13.4. The summed E-state index contributed by atoms with van der Waals surface area (Å²) >= 11 is 0. The van der Waals surface area contributed by atoms with E-state index in [0.717, 1.165) is 71.2 Å². The van der Waals surface area contributed by atoms with Crippen LogP contribution in [0.4, 0.5) is 51.2 Å². The number of hydrogen-bond donors (Lipinski definition) is 0. The SMILES string of the molecule is CN(c1ccccc1)c1ccc(-c2ccc(N(c3ccccc3)c3ccc(N(C4=CC=C(c5ccc(N(C6=CCCC=C6)c6ccccc6)cc5)CC4)c4ccccc4)c4ccccc34)cc2)cc1. The fourth-order valence-corrected chi connectivity index (χ4v) is 9.85. The topological polar surface area (TPSA) is 13.0 Å². The van der Waals surface area contributed by atoms with Crippen molar-refractivity contribution < 1.29 is 0 Å². The van der Waals surface area contributed by atoms with Crippen molar-refractivity contribution in [1.82, 2.24) is 0 Å². The Labute approximate surface area is 407 Å². The molecule has 0 N–H and O–H groups in total. The fourth-order valence-electron chi connectivity index (χ4n) is 9.85. The quantitative estimate of drug-likeness (QED) is 0.114. The molecule has 0 heterocycles. The zero-order valence-electron chi connectivity index (χ0n) is 38.9. The highest BCUT2D eigenvalue weighted by atomic mass is 15.2. The standard InChI is InChI=1S/C65H54N4/c1-66(53-19-7-2-8-20-53)54-39-31-49(32-40-54)51-35-43-60(44-36-51)68(57-25-13-5-14-26-57)64-47-48-65(63-30-18-17-29-62(63)64)69(58-27-15-6-16-28-58)61-45-37-52(38-46-61)50-33-41-59(42-34-50)67(55-21-9-3-10-22-55)56-23-11-4-12-24-56/h2-3,5-11,13-37,39-45,47-48H,4,12,38,46H2,1H3. The Bertz CT molecular complexity index is 3300. The number of rotatable bonds is 13. The van der Waals surface area contributed by atoms with Gasteiger partial charge >= 0.3 is 0 Å². The predicted molar refractivity (Wildman–Crippen MR) is 294 cm³/mol. The van der Waals surface area contributed by atoms with Crippen molar-refractivity contribution >= 4 is 67.5 Å². The highest BCUT2D eigenvalue weighted by Crippen LogP contribution is 2.46. The molecule has 4 nitrogen and oxygen atoms in total. The van der Waals surface area contributed by atoms with Crippen LogP contribution in [0.5, 0.6) is 0 Å². The molecule has 0 amide bonds. The third kappa shape index (κ3) is 9.01. The molecule has 0 atom stereocenters. The smallest absolute Gasteiger partial charge is 0.0541 e. The van der Waals surface area contributed by atoms with Crippen LogP contribution >= 0.6 is 0 Å². The minimum Gasteiger partial charge on any atom is -0.345 e.